The predicted molar refractivity (Wildman–Crippen MR) is 125 cm³/mol. The molecule has 10 heteroatoms. The minimum absolute atomic E-state index is 0.0375. The van der Waals surface area contributed by atoms with Crippen molar-refractivity contribution < 1.29 is 9.18 Å². The summed E-state index contributed by atoms with van der Waals surface area (Å²) in [6.07, 6.45) is 0. The van der Waals surface area contributed by atoms with Crippen LogP contribution in [-0.4, -0.2) is 56.5 Å². The van der Waals surface area contributed by atoms with Gasteiger partial charge in [-0.1, -0.05) is 41.1 Å². The van der Waals surface area contributed by atoms with Gasteiger partial charge in [0.2, 0.25) is 4.96 Å². The molecule has 0 spiro atoms. The summed E-state index contributed by atoms with van der Waals surface area (Å²) in [5.74, 6) is -0.398. The van der Waals surface area contributed by atoms with E-state index < -0.39 is 0 Å². The Morgan fingerprint density at radius 2 is 1.85 bits per heavy atom. The molecular formula is C23H19ClFN5O2S. The van der Waals surface area contributed by atoms with E-state index in [1.54, 1.807) is 36.4 Å². The van der Waals surface area contributed by atoms with Crippen molar-refractivity contribution in [2.45, 2.75) is 6.54 Å². The molecule has 0 atom stereocenters. The molecular weight excluding hydrogens is 465 g/mol. The van der Waals surface area contributed by atoms with E-state index in [1.165, 1.54) is 34.1 Å². The molecule has 7 nitrogen and oxygen atoms in total. The Morgan fingerprint density at radius 1 is 1.06 bits per heavy atom. The van der Waals surface area contributed by atoms with Crippen LogP contribution < -0.4 is 5.56 Å². The van der Waals surface area contributed by atoms with Crippen LogP contribution in [0.1, 0.15) is 16.1 Å². The standard InChI is InChI=1S/C23H19ClFN5O2S/c24-17-5-1-4-16(11-17)22(32)29-9-7-28(8-10-29)14-19-13-20(31)30-23(26-19)33-21(27-30)15-3-2-6-18(25)12-15/h1-6,11-13H,7-10,14H2. The molecule has 33 heavy (non-hydrogen) atoms. The maximum Gasteiger partial charge on any atom is 0.275 e. The molecule has 0 unspecified atom stereocenters. The maximum atomic E-state index is 13.6. The van der Waals surface area contributed by atoms with E-state index in [4.69, 9.17) is 11.6 Å². The Balaban J connectivity index is 1.28. The van der Waals surface area contributed by atoms with Gasteiger partial charge in [-0.2, -0.15) is 9.61 Å². The molecule has 0 bridgehead atoms. The molecule has 0 aliphatic carbocycles. The summed E-state index contributed by atoms with van der Waals surface area (Å²) < 4.78 is 14.8. The first-order chi connectivity index (χ1) is 16.0. The molecule has 1 aliphatic rings. The van der Waals surface area contributed by atoms with Gasteiger partial charge in [-0.3, -0.25) is 14.5 Å². The Kier molecular flexibility index (Phi) is 5.92. The van der Waals surface area contributed by atoms with Gasteiger partial charge >= 0.3 is 0 Å². The highest BCUT2D eigenvalue weighted by Gasteiger charge is 2.23. The lowest BCUT2D eigenvalue weighted by Crippen LogP contribution is -2.48. The summed E-state index contributed by atoms with van der Waals surface area (Å²) in [7, 11) is 0. The van der Waals surface area contributed by atoms with Gasteiger partial charge in [0, 0.05) is 54.9 Å². The topological polar surface area (TPSA) is 70.8 Å². The molecule has 0 saturated carbocycles. The van der Waals surface area contributed by atoms with E-state index >= 15 is 0 Å². The zero-order chi connectivity index (χ0) is 22.9. The van der Waals surface area contributed by atoms with E-state index in [-0.39, 0.29) is 17.3 Å². The highest BCUT2D eigenvalue weighted by molar-refractivity contribution is 7.19. The van der Waals surface area contributed by atoms with Crippen molar-refractivity contribution >= 4 is 33.8 Å². The second kappa shape index (κ2) is 9.01. The second-order valence-corrected chi connectivity index (χ2v) is 9.17. The fourth-order valence-electron chi connectivity index (χ4n) is 3.82. The summed E-state index contributed by atoms with van der Waals surface area (Å²) in [5.41, 5.74) is 1.55. The van der Waals surface area contributed by atoms with E-state index in [2.05, 4.69) is 15.0 Å². The van der Waals surface area contributed by atoms with Gasteiger partial charge < -0.3 is 4.90 Å². The van der Waals surface area contributed by atoms with Gasteiger partial charge in [-0.15, -0.1) is 0 Å². The van der Waals surface area contributed by atoms with Gasteiger partial charge in [-0.05, 0) is 30.3 Å². The normalized spacial score (nSPS) is 14.7. The zero-order valence-corrected chi connectivity index (χ0v) is 19.0. The van der Waals surface area contributed by atoms with Crippen LogP contribution in [0.25, 0.3) is 15.5 Å². The van der Waals surface area contributed by atoms with Crippen LogP contribution in [0, 0.1) is 5.82 Å². The number of aromatic nitrogens is 3. The molecule has 2 aromatic heterocycles. The number of nitrogens with zero attached hydrogens (tertiary/aromatic N) is 5. The molecule has 3 heterocycles. The Bertz CT molecular complexity index is 1400. The third-order valence-electron chi connectivity index (χ3n) is 5.49. The van der Waals surface area contributed by atoms with Gasteiger partial charge in [-0.25, -0.2) is 9.37 Å². The minimum Gasteiger partial charge on any atom is -0.336 e. The third kappa shape index (κ3) is 4.66. The van der Waals surface area contributed by atoms with Crippen LogP contribution in [0.15, 0.2) is 59.4 Å². The molecule has 1 saturated heterocycles. The highest BCUT2D eigenvalue weighted by atomic mass is 35.5. The number of carbonyl (C=O) groups is 1. The summed E-state index contributed by atoms with van der Waals surface area (Å²) >= 11 is 7.25. The van der Waals surface area contributed by atoms with Crippen molar-refractivity contribution in [1.29, 1.82) is 0 Å². The number of hydrogen-bond donors (Lipinski definition) is 0. The van der Waals surface area contributed by atoms with Crippen LogP contribution in [-0.2, 0) is 6.54 Å². The number of piperazine rings is 1. The maximum absolute atomic E-state index is 13.6. The minimum atomic E-state index is -0.360. The van der Waals surface area contributed by atoms with Gasteiger partial charge in [0.05, 0.1) is 5.69 Å². The quantitative estimate of drug-likeness (QED) is 0.444. The van der Waals surface area contributed by atoms with Crippen LogP contribution in [0.5, 0.6) is 0 Å². The summed E-state index contributed by atoms with van der Waals surface area (Å²) in [6, 6.07) is 14.5. The molecule has 1 fully saturated rings. The van der Waals surface area contributed by atoms with Crippen LogP contribution in [0.4, 0.5) is 4.39 Å². The van der Waals surface area contributed by atoms with Crippen LogP contribution in [0.2, 0.25) is 5.02 Å². The number of fused-ring (bicyclic) bond motifs is 1. The molecule has 0 N–H and O–H groups in total. The molecule has 0 radical (unpaired) electrons. The van der Waals surface area contributed by atoms with E-state index in [0.717, 1.165) is 0 Å². The molecule has 4 aromatic rings. The predicted octanol–water partition coefficient (Wildman–Crippen LogP) is 3.57. The van der Waals surface area contributed by atoms with Crippen molar-refractivity contribution in [3.8, 4) is 10.6 Å². The number of amides is 1. The smallest absolute Gasteiger partial charge is 0.275 e. The molecule has 1 aliphatic heterocycles. The van der Waals surface area contributed by atoms with Gasteiger partial charge in [0.1, 0.15) is 10.8 Å². The fraction of sp³-hybridized carbons (Fsp3) is 0.217. The Morgan fingerprint density at radius 3 is 2.61 bits per heavy atom. The first-order valence-electron chi connectivity index (χ1n) is 10.4. The number of halogens is 2. The SMILES string of the molecule is O=C(c1cccc(Cl)c1)N1CCN(Cc2cc(=O)n3nc(-c4cccc(F)c4)sc3n2)CC1. The van der Waals surface area contributed by atoms with E-state index in [0.29, 0.717) is 64.5 Å². The lowest BCUT2D eigenvalue weighted by molar-refractivity contribution is 0.0627. The average Bonchev–Trinajstić information content (AvgIpc) is 3.24. The Hall–Kier alpha value is -3.14. The summed E-state index contributed by atoms with van der Waals surface area (Å²) in [5, 5.41) is 5.37. The highest BCUT2D eigenvalue weighted by Crippen LogP contribution is 2.25. The number of benzene rings is 2. The van der Waals surface area contributed by atoms with Gasteiger partial charge in [0.25, 0.3) is 11.5 Å². The van der Waals surface area contributed by atoms with Gasteiger partial charge in [0.15, 0.2) is 0 Å². The first-order valence-corrected chi connectivity index (χ1v) is 11.6. The van der Waals surface area contributed by atoms with Crippen molar-refractivity contribution in [2.75, 3.05) is 26.2 Å². The monoisotopic (exact) mass is 483 g/mol. The van der Waals surface area contributed by atoms with Crippen LogP contribution >= 0.6 is 22.9 Å². The molecule has 5 rings (SSSR count). The first kappa shape index (κ1) is 21.7. The Labute approximate surface area is 197 Å². The largest absolute Gasteiger partial charge is 0.336 e. The number of carbonyl (C=O) groups excluding carboxylic acids is 1. The van der Waals surface area contributed by atoms with Crippen molar-refractivity contribution in [1.82, 2.24) is 24.4 Å². The van der Waals surface area contributed by atoms with Crippen molar-refractivity contribution in [2.24, 2.45) is 0 Å². The van der Waals surface area contributed by atoms with E-state index in [1.807, 2.05) is 4.90 Å². The average molecular weight is 484 g/mol. The van der Waals surface area contributed by atoms with Crippen LogP contribution in [0.3, 0.4) is 0 Å². The number of rotatable bonds is 4. The zero-order valence-electron chi connectivity index (χ0n) is 17.4. The lowest BCUT2D eigenvalue weighted by atomic mass is 10.2. The van der Waals surface area contributed by atoms with Crippen molar-refractivity contribution in [3.63, 3.8) is 0 Å². The summed E-state index contributed by atoms with van der Waals surface area (Å²) in [4.78, 5) is 34.3. The lowest BCUT2D eigenvalue weighted by Gasteiger charge is -2.34. The van der Waals surface area contributed by atoms with E-state index in [9.17, 15) is 14.0 Å². The third-order valence-corrected chi connectivity index (χ3v) is 6.68. The molecule has 1 amide bonds. The fourth-order valence-corrected chi connectivity index (χ4v) is 4.93. The van der Waals surface area contributed by atoms with Crippen molar-refractivity contribution in [3.05, 3.63) is 87.0 Å². The molecule has 2 aromatic carbocycles. The summed E-state index contributed by atoms with van der Waals surface area (Å²) in [6.45, 7) is 3.00. The second-order valence-electron chi connectivity index (χ2n) is 7.78. The molecule has 168 valence electrons. The number of hydrogen-bond acceptors (Lipinski definition) is 6.